The van der Waals surface area contributed by atoms with Crippen molar-refractivity contribution in [2.75, 3.05) is 17.8 Å². The first-order chi connectivity index (χ1) is 13.2. The topological polar surface area (TPSA) is 48.0 Å². The number of para-hydroxylation sites is 1. The van der Waals surface area contributed by atoms with E-state index in [-0.39, 0.29) is 6.61 Å². The highest BCUT2D eigenvalue weighted by Crippen LogP contribution is 2.52. The van der Waals surface area contributed by atoms with E-state index in [1.807, 2.05) is 60.9 Å². The van der Waals surface area contributed by atoms with Gasteiger partial charge in [0.1, 0.15) is 6.61 Å². The molecule has 2 aromatic rings. The third-order valence-electron chi connectivity index (χ3n) is 4.84. The van der Waals surface area contributed by atoms with E-state index in [0.29, 0.717) is 17.4 Å². The van der Waals surface area contributed by atoms with E-state index in [1.54, 1.807) is 4.90 Å². The molecule has 2 atom stereocenters. The van der Waals surface area contributed by atoms with Gasteiger partial charge in [-0.2, -0.15) is 0 Å². The van der Waals surface area contributed by atoms with Gasteiger partial charge in [-0.15, -0.1) is 0 Å². The number of nitrogens with zero attached hydrogens (tertiary/aromatic N) is 1. The van der Waals surface area contributed by atoms with E-state index >= 15 is 0 Å². The van der Waals surface area contributed by atoms with Crippen LogP contribution in [0.4, 0.5) is 10.5 Å². The Kier molecular flexibility index (Phi) is 5.08. The zero-order chi connectivity index (χ0) is 18.9. The van der Waals surface area contributed by atoms with Gasteiger partial charge in [-0.1, -0.05) is 60.3 Å². The number of benzene rings is 2. The van der Waals surface area contributed by atoms with E-state index in [9.17, 15) is 4.79 Å². The van der Waals surface area contributed by atoms with Gasteiger partial charge in [0, 0.05) is 12.0 Å². The molecule has 0 aliphatic carbocycles. The van der Waals surface area contributed by atoms with Gasteiger partial charge < -0.3 is 14.2 Å². The maximum absolute atomic E-state index is 13.0. The van der Waals surface area contributed by atoms with Crippen LogP contribution < -0.4 is 4.90 Å². The number of rotatable bonds is 3. The predicted molar refractivity (Wildman–Crippen MR) is 109 cm³/mol. The third-order valence-corrected chi connectivity index (χ3v) is 5.84. The zero-order valence-electron chi connectivity index (χ0n) is 14.8. The number of anilines is 1. The maximum atomic E-state index is 13.0. The largest absolute Gasteiger partial charge is 0.462 e. The van der Waals surface area contributed by atoms with Crippen molar-refractivity contribution in [2.24, 2.45) is 0 Å². The molecular formula is C20H19NO4S2. The molecule has 0 aromatic heterocycles. The fraction of sp³-hybridized carbons (Fsp3) is 0.300. The summed E-state index contributed by atoms with van der Waals surface area (Å²) in [6, 6.07) is 17.3. The van der Waals surface area contributed by atoms with E-state index < -0.39 is 17.9 Å². The summed E-state index contributed by atoms with van der Waals surface area (Å²) in [5, 5.41) is 0. The summed E-state index contributed by atoms with van der Waals surface area (Å²) in [6.07, 6.45) is 1.44. The Balaban J connectivity index is 1.63. The molecule has 2 aliphatic rings. The van der Waals surface area contributed by atoms with Gasteiger partial charge >= 0.3 is 6.09 Å². The Hall–Kier alpha value is -2.09. The van der Waals surface area contributed by atoms with Gasteiger partial charge in [0.15, 0.2) is 11.8 Å². The van der Waals surface area contributed by atoms with Crippen LogP contribution in [0.2, 0.25) is 0 Å². The molecule has 2 aliphatic heterocycles. The van der Waals surface area contributed by atoms with Gasteiger partial charge in [-0.25, -0.2) is 9.69 Å². The number of ether oxygens (including phenoxy) is 3. The van der Waals surface area contributed by atoms with Crippen molar-refractivity contribution in [3.8, 4) is 0 Å². The number of thioether (sulfide) groups is 1. The zero-order valence-corrected chi connectivity index (χ0v) is 16.4. The molecule has 0 N–H and O–H groups in total. The van der Waals surface area contributed by atoms with Crippen molar-refractivity contribution in [1.82, 2.24) is 0 Å². The molecule has 0 saturated carbocycles. The number of hydrogen-bond donors (Lipinski definition) is 0. The second-order valence-corrected chi connectivity index (χ2v) is 7.75. The molecule has 1 amide bonds. The first-order valence-corrected chi connectivity index (χ1v) is 10.3. The SMILES string of the molecule is CSC(=S)O[C@@]12CCO[C@@H]1N(C(=O)OCc1ccccc1)c1ccccc12. The number of amides is 1. The van der Waals surface area contributed by atoms with Gasteiger partial charge in [0.2, 0.25) is 4.38 Å². The maximum Gasteiger partial charge on any atom is 0.416 e. The summed E-state index contributed by atoms with van der Waals surface area (Å²) in [5.41, 5.74) is 1.78. The molecule has 4 rings (SSSR count). The monoisotopic (exact) mass is 401 g/mol. The van der Waals surface area contributed by atoms with Gasteiger partial charge in [-0.3, -0.25) is 0 Å². The standard InChI is InChI=1S/C20H19NO4S2/c1-27-19(26)25-20-11-12-23-17(20)21(16-10-6-5-9-15(16)20)18(22)24-13-14-7-3-2-4-8-14/h2-10,17H,11-13H2,1H3/t17-,20+/m0/s1. The summed E-state index contributed by atoms with van der Waals surface area (Å²) >= 11 is 6.68. The second kappa shape index (κ2) is 7.50. The minimum Gasteiger partial charge on any atom is -0.462 e. The van der Waals surface area contributed by atoms with Crippen molar-refractivity contribution in [3.63, 3.8) is 0 Å². The molecule has 2 heterocycles. The van der Waals surface area contributed by atoms with E-state index in [1.165, 1.54) is 11.8 Å². The third kappa shape index (κ3) is 3.20. The Morgan fingerprint density at radius 1 is 1.26 bits per heavy atom. The number of carbonyl (C=O) groups is 1. The molecule has 27 heavy (non-hydrogen) atoms. The summed E-state index contributed by atoms with van der Waals surface area (Å²) in [6.45, 7) is 0.681. The number of thiocarbonyl (C=S) groups is 1. The van der Waals surface area contributed by atoms with Crippen LogP contribution in [0.15, 0.2) is 54.6 Å². The first kappa shape index (κ1) is 18.3. The fourth-order valence-electron chi connectivity index (χ4n) is 3.63. The molecule has 5 nitrogen and oxygen atoms in total. The van der Waals surface area contributed by atoms with E-state index in [4.69, 9.17) is 26.4 Å². The number of fused-ring (bicyclic) bond motifs is 3. The van der Waals surface area contributed by atoms with Crippen LogP contribution in [-0.2, 0) is 26.4 Å². The van der Waals surface area contributed by atoms with Crippen LogP contribution in [0.5, 0.6) is 0 Å². The van der Waals surface area contributed by atoms with Crippen LogP contribution in [0, 0.1) is 0 Å². The fourth-order valence-corrected chi connectivity index (χ4v) is 4.01. The van der Waals surface area contributed by atoms with Crippen molar-refractivity contribution in [2.45, 2.75) is 24.9 Å². The first-order valence-electron chi connectivity index (χ1n) is 8.64. The lowest BCUT2D eigenvalue weighted by atomic mass is 9.93. The average molecular weight is 402 g/mol. The van der Waals surface area contributed by atoms with Crippen LogP contribution in [0.3, 0.4) is 0 Å². The average Bonchev–Trinajstić information content (AvgIpc) is 3.22. The van der Waals surface area contributed by atoms with Crippen LogP contribution in [-0.4, -0.2) is 29.6 Å². The molecule has 0 unspecified atom stereocenters. The number of hydrogen-bond acceptors (Lipinski definition) is 6. The van der Waals surface area contributed by atoms with Crippen molar-refractivity contribution in [3.05, 3.63) is 65.7 Å². The molecule has 1 fully saturated rings. The Labute approximate surface area is 167 Å². The summed E-state index contributed by atoms with van der Waals surface area (Å²) in [5.74, 6) is 0. The summed E-state index contributed by atoms with van der Waals surface area (Å²) < 4.78 is 18.1. The lowest BCUT2D eigenvalue weighted by molar-refractivity contribution is -0.0155. The summed E-state index contributed by atoms with van der Waals surface area (Å²) in [4.78, 5) is 14.5. The molecule has 140 valence electrons. The molecule has 0 spiro atoms. The van der Waals surface area contributed by atoms with Gasteiger partial charge in [0.25, 0.3) is 0 Å². The van der Waals surface area contributed by atoms with Gasteiger partial charge in [0.05, 0.1) is 12.3 Å². The summed E-state index contributed by atoms with van der Waals surface area (Å²) in [7, 11) is 0. The molecule has 0 radical (unpaired) electrons. The van der Waals surface area contributed by atoms with E-state index in [2.05, 4.69) is 0 Å². The Morgan fingerprint density at radius 3 is 2.78 bits per heavy atom. The Bertz CT molecular complexity index is 860. The second-order valence-electron chi connectivity index (χ2n) is 6.35. The Morgan fingerprint density at radius 2 is 2.00 bits per heavy atom. The molecule has 7 heteroatoms. The van der Waals surface area contributed by atoms with E-state index in [0.717, 1.165) is 16.8 Å². The predicted octanol–water partition coefficient (Wildman–Crippen LogP) is 4.45. The van der Waals surface area contributed by atoms with Crippen molar-refractivity contribution >= 4 is 40.1 Å². The molecule has 0 bridgehead atoms. The van der Waals surface area contributed by atoms with Gasteiger partial charge in [-0.05, 0) is 30.1 Å². The highest BCUT2D eigenvalue weighted by molar-refractivity contribution is 8.22. The van der Waals surface area contributed by atoms with Crippen LogP contribution >= 0.6 is 24.0 Å². The highest BCUT2D eigenvalue weighted by Gasteiger charge is 2.60. The molecule has 1 saturated heterocycles. The quantitative estimate of drug-likeness (QED) is 0.708. The minimum atomic E-state index is -0.789. The highest BCUT2D eigenvalue weighted by atomic mass is 32.2. The molecule has 2 aromatic carbocycles. The smallest absolute Gasteiger partial charge is 0.416 e. The normalized spacial score (nSPS) is 22.9. The van der Waals surface area contributed by atoms with Crippen molar-refractivity contribution in [1.29, 1.82) is 0 Å². The van der Waals surface area contributed by atoms with Crippen molar-refractivity contribution < 1.29 is 19.0 Å². The number of carbonyl (C=O) groups excluding carboxylic acids is 1. The lowest BCUT2D eigenvalue weighted by Crippen LogP contribution is -2.47. The molecular weight excluding hydrogens is 382 g/mol. The lowest BCUT2D eigenvalue weighted by Gasteiger charge is -2.31. The van der Waals surface area contributed by atoms with Crippen LogP contribution in [0.1, 0.15) is 17.5 Å². The minimum absolute atomic E-state index is 0.197. The van der Waals surface area contributed by atoms with Crippen LogP contribution in [0.25, 0.3) is 0 Å².